The van der Waals surface area contributed by atoms with Crippen molar-refractivity contribution >= 4 is 22.7 Å². The van der Waals surface area contributed by atoms with Gasteiger partial charge in [-0.15, -0.1) is 0 Å². The molecule has 0 aliphatic rings. The van der Waals surface area contributed by atoms with Gasteiger partial charge in [0.1, 0.15) is 5.58 Å². The molecule has 0 amide bonds. The van der Waals surface area contributed by atoms with Crippen LogP contribution in [0.5, 0.6) is 5.75 Å². The van der Waals surface area contributed by atoms with Gasteiger partial charge in [-0.1, -0.05) is 11.6 Å². The Kier molecular flexibility index (Phi) is 2.59. The van der Waals surface area contributed by atoms with Crippen LogP contribution in [0.2, 0.25) is 0 Å². The van der Waals surface area contributed by atoms with Crippen LogP contribution in [0.15, 0.2) is 22.6 Å². The highest BCUT2D eigenvalue weighted by Crippen LogP contribution is 2.32. The predicted octanol–water partition coefficient (Wildman–Crippen LogP) is 1.80. The SMILES string of the molecule is COC(=O)C(=O)c1oc2ccc(C)cc2c1O. The maximum Gasteiger partial charge on any atom is 0.382 e. The summed E-state index contributed by atoms with van der Waals surface area (Å²) in [7, 11) is 1.09. The monoisotopic (exact) mass is 234 g/mol. The van der Waals surface area contributed by atoms with E-state index in [9.17, 15) is 14.7 Å². The van der Waals surface area contributed by atoms with E-state index in [4.69, 9.17) is 4.42 Å². The molecule has 0 saturated heterocycles. The minimum Gasteiger partial charge on any atom is -0.504 e. The van der Waals surface area contributed by atoms with Crippen LogP contribution >= 0.6 is 0 Å². The molecule has 0 radical (unpaired) electrons. The molecule has 0 atom stereocenters. The highest BCUT2D eigenvalue weighted by atomic mass is 16.5. The molecule has 2 rings (SSSR count). The fourth-order valence-corrected chi connectivity index (χ4v) is 1.54. The first-order chi connectivity index (χ1) is 8.04. The smallest absolute Gasteiger partial charge is 0.382 e. The fraction of sp³-hybridized carbons (Fsp3) is 0.167. The summed E-state index contributed by atoms with van der Waals surface area (Å²) in [4.78, 5) is 22.6. The summed E-state index contributed by atoms with van der Waals surface area (Å²) in [6, 6.07) is 5.07. The van der Waals surface area contributed by atoms with Crippen LogP contribution in [0.25, 0.3) is 11.0 Å². The van der Waals surface area contributed by atoms with Crippen LogP contribution in [0.4, 0.5) is 0 Å². The van der Waals surface area contributed by atoms with Gasteiger partial charge in [0, 0.05) is 0 Å². The first kappa shape index (κ1) is 11.2. The quantitative estimate of drug-likeness (QED) is 0.487. The molecule has 1 heterocycles. The van der Waals surface area contributed by atoms with Crippen LogP contribution in [0.3, 0.4) is 0 Å². The number of esters is 1. The van der Waals surface area contributed by atoms with E-state index in [1.807, 2.05) is 6.92 Å². The molecular formula is C12H10O5. The van der Waals surface area contributed by atoms with E-state index >= 15 is 0 Å². The molecule has 88 valence electrons. The molecule has 1 aromatic heterocycles. The summed E-state index contributed by atoms with van der Waals surface area (Å²) < 4.78 is 9.42. The van der Waals surface area contributed by atoms with Crippen LogP contribution in [0.1, 0.15) is 16.1 Å². The second-order valence-corrected chi connectivity index (χ2v) is 3.60. The normalized spacial score (nSPS) is 10.5. The van der Waals surface area contributed by atoms with Crippen LogP contribution in [-0.4, -0.2) is 24.0 Å². The number of carbonyl (C=O) groups excluding carboxylic acids is 2. The van der Waals surface area contributed by atoms with E-state index in [1.165, 1.54) is 0 Å². The maximum atomic E-state index is 11.5. The highest BCUT2D eigenvalue weighted by molar-refractivity contribution is 6.41. The van der Waals surface area contributed by atoms with E-state index in [0.29, 0.717) is 11.0 Å². The standard InChI is InChI=1S/C12H10O5/c1-6-3-4-8-7(5-6)9(13)11(17-8)10(14)12(15)16-2/h3-5,13H,1-2H3. The molecule has 17 heavy (non-hydrogen) atoms. The number of methoxy groups -OCH3 is 1. The summed E-state index contributed by atoms with van der Waals surface area (Å²) in [5, 5.41) is 10.2. The first-order valence-corrected chi connectivity index (χ1v) is 4.89. The van der Waals surface area contributed by atoms with Gasteiger partial charge in [0.25, 0.3) is 0 Å². The van der Waals surface area contributed by atoms with Crippen LogP contribution in [-0.2, 0) is 9.53 Å². The molecule has 5 heteroatoms. The van der Waals surface area contributed by atoms with Crippen molar-refractivity contribution < 1.29 is 23.8 Å². The lowest BCUT2D eigenvalue weighted by molar-refractivity contribution is -0.135. The minimum absolute atomic E-state index is 0.334. The van der Waals surface area contributed by atoms with Crippen molar-refractivity contribution in [3.05, 3.63) is 29.5 Å². The lowest BCUT2D eigenvalue weighted by Gasteiger charge is -1.94. The number of ether oxygens (including phenoxy) is 1. The Morgan fingerprint density at radius 3 is 2.71 bits per heavy atom. The molecule has 0 fully saturated rings. The van der Waals surface area contributed by atoms with E-state index in [0.717, 1.165) is 12.7 Å². The van der Waals surface area contributed by atoms with Gasteiger partial charge in [-0.2, -0.15) is 0 Å². The molecule has 0 saturated carbocycles. The number of fused-ring (bicyclic) bond motifs is 1. The van der Waals surface area contributed by atoms with E-state index in [1.54, 1.807) is 18.2 Å². The van der Waals surface area contributed by atoms with Crippen molar-refractivity contribution in [3.63, 3.8) is 0 Å². The van der Waals surface area contributed by atoms with Crippen molar-refractivity contribution in [1.82, 2.24) is 0 Å². The van der Waals surface area contributed by atoms with Crippen LogP contribution < -0.4 is 0 Å². The number of hydrogen-bond acceptors (Lipinski definition) is 5. The number of rotatable bonds is 2. The summed E-state index contributed by atoms with van der Waals surface area (Å²) in [6.45, 7) is 1.84. The number of aryl methyl sites for hydroxylation is 1. The van der Waals surface area contributed by atoms with Gasteiger partial charge in [0.2, 0.25) is 5.76 Å². The average Bonchev–Trinajstić information content (AvgIpc) is 2.65. The van der Waals surface area contributed by atoms with Gasteiger partial charge < -0.3 is 14.3 Å². The Morgan fingerprint density at radius 2 is 2.06 bits per heavy atom. The third-order valence-corrected chi connectivity index (χ3v) is 2.39. The molecule has 0 spiro atoms. The Hall–Kier alpha value is -2.30. The average molecular weight is 234 g/mol. The third kappa shape index (κ3) is 1.75. The summed E-state index contributed by atoms with van der Waals surface area (Å²) >= 11 is 0. The topological polar surface area (TPSA) is 76.7 Å². The molecule has 5 nitrogen and oxygen atoms in total. The number of Topliss-reactive ketones (excluding diaryl/α,β-unsaturated/α-hetero) is 1. The number of carbonyl (C=O) groups is 2. The largest absolute Gasteiger partial charge is 0.504 e. The van der Waals surface area contributed by atoms with Crippen molar-refractivity contribution in [2.24, 2.45) is 0 Å². The van der Waals surface area contributed by atoms with Crippen LogP contribution in [0, 0.1) is 6.92 Å². The van der Waals surface area contributed by atoms with Crippen molar-refractivity contribution in [1.29, 1.82) is 0 Å². The molecule has 1 aromatic carbocycles. The van der Waals surface area contributed by atoms with E-state index < -0.39 is 17.5 Å². The number of hydrogen-bond donors (Lipinski definition) is 1. The van der Waals surface area contributed by atoms with Gasteiger partial charge in [0.05, 0.1) is 12.5 Å². The Morgan fingerprint density at radius 1 is 1.35 bits per heavy atom. The highest BCUT2D eigenvalue weighted by Gasteiger charge is 2.26. The zero-order valence-corrected chi connectivity index (χ0v) is 9.31. The lowest BCUT2D eigenvalue weighted by atomic mass is 10.1. The molecule has 0 bridgehead atoms. The second-order valence-electron chi connectivity index (χ2n) is 3.60. The molecule has 0 unspecified atom stereocenters. The Bertz CT molecular complexity index is 609. The van der Waals surface area contributed by atoms with Gasteiger partial charge >= 0.3 is 11.8 Å². The zero-order chi connectivity index (χ0) is 12.6. The number of aromatic hydroxyl groups is 1. The lowest BCUT2D eigenvalue weighted by Crippen LogP contribution is -2.14. The molecule has 2 aromatic rings. The zero-order valence-electron chi connectivity index (χ0n) is 9.31. The molecule has 0 aliphatic heterocycles. The number of benzene rings is 1. The molecule has 0 aliphatic carbocycles. The summed E-state index contributed by atoms with van der Waals surface area (Å²) in [5.74, 6) is -2.80. The van der Waals surface area contributed by atoms with E-state index in [-0.39, 0.29) is 5.75 Å². The summed E-state index contributed by atoms with van der Waals surface area (Å²) in [5.41, 5.74) is 1.26. The second kappa shape index (κ2) is 3.93. The van der Waals surface area contributed by atoms with Crippen molar-refractivity contribution in [2.45, 2.75) is 6.92 Å². The van der Waals surface area contributed by atoms with Crippen molar-refractivity contribution in [3.8, 4) is 5.75 Å². The number of ketones is 1. The number of furan rings is 1. The van der Waals surface area contributed by atoms with Gasteiger partial charge in [0.15, 0.2) is 5.75 Å². The predicted molar refractivity (Wildman–Crippen MR) is 59.0 cm³/mol. The van der Waals surface area contributed by atoms with Gasteiger partial charge in [-0.05, 0) is 19.1 Å². The minimum atomic E-state index is -1.07. The van der Waals surface area contributed by atoms with Crippen molar-refractivity contribution in [2.75, 3.05) is 7.11 Å². The van der Waals surface area contributed by atoms with Gasteiger partial charge in [-0.25, -0.2) is 4.79 Å². The van der Waals surface area contributed by atoms with Gasteiger partial charge in [-0.3, -0.25) is 4.79 Å². The summed E-state index contributed by atoms with van der Waals surface area (Å²) in [6.07, 6.45) is 0. The fourth-order valence-electron chi connectivity index (χ4n) is 1.54. The third-order valence-electron chi connectivity index (χ3n) is 2.39. The molecule has 1 N–H and O–H groups in total. The Balaban J connectivity index is 2.60. The first-order valence-electron chi connectivity index (χ1n) is 4.89. The Labute approximate surface area is 96.6 Å². The maximum absolute atomic E-state index is 11.5. The molecular weight excluding hydrogens is 224 g/mol. The van der Waals surface area contributed by atoms with E-state index in [2.05, 4.69) is 4.74 Å².